The van der Waals surface area contributed by atoms with Gasteiger partial charge in [-0.3, -0.25) is 0 Å². The van der Waals surface area contributed by atoms with Crippen molar-refractivity contribution in [1.29, 1.82) is 0 Å². The number of amides is 2. The van der Waals surface area contributed by atoms with Crippen molar-refractivity contribution in [1.82, 2.24) is 5.32 Å². The lowest BCUT2D eigenvalue weighted by Gasteiger charge is -2.16. The van der Waals surface area contributed by atoms with Crippen LogP contribution in [0.25, 0.3) is 0 Å². The lowest BCUT2D eigenvalue weighted by Crippen LogP contribution is -2.39. The third-order valence-electron chi connectivity index (χ3n) is 2.77. The zero-order chi connectivity index (χ0) is 13.5. The molecule has 0 fully saturated rings. The molecule has 18 heavy (non-hydrogen) atoms. The fourth-order valence-corrected chi connectivity index (χ4v) is 1.79. The van der Waals surface area contributed by atoms with Crippen molar-refractivity contribution in [2.45, 2.75) is 25.8 Å². The molecule has 1 unspecified atom stereocenters. The lowest BCUT2D eigenvalue weighted by atomic mass is 10.0. The molecule has 0 bridgehead atoms. The second-order valence-electron chi connectivity index (χ2n) is 4.01. The maximum atomic E-state index is 10.8. The van der Waals surface area contributed by atoms with Crippen molar-refractivity contribution >= 4 is 6.03 Å². The summed E-state index contributed by atoms with van der Waals surface area (Å²) in [5.41, 5.74) is 6.19. The first kappa shape index (κ1) is 14.2. The zero-order valence-electron chi connectivity index (χ0n) is 11.0. The summed E-state index contributed by atoms with van der Waals surface area (Å²) < 4.78 is 10.4. The first-order chi connectivity index (χ1) is 8.60. The molecule has 1 aromatic rings. The highest BCUT2D eigenvalue weighted by Crippen LogP contribution is 2.28. The molecule has 1 atom stereocenters. The Morgan fingerprint density at radius 2 is 2.00 bits per heavy atom. The van der Waals surface area contributed by atoms with Gasteiger partial charge in [-0.25, -0.2) is 4.79 Å². The lowest BCUT2D eigenvalue weighted by molar-refractivity contribution is 0.244. The summed E-state index contributed by atoms with van der Waals surface area (Å²) in [6.45, 7) is 2.00. The molecule has 0 heterocycles. The van der Waals surface area contributed by atoms with Gasteiger partial charge in [-0.2, -0.15) is 0 Å². The molecule has 1 aromatic carbocycles. The number of ether oxygens (including phenoxy) is 2. The van der Waals surface area contributed by atoms with E-state index in [1.165, 1.54) is 0 Å². The molecule has 3 N–H and O–H groups in total. The van der Waals surface area contributed by atoms with Crippen LogP contribution < -0.4 is 20.5 Å². The van der Waals surface area contributed by atoms with Gasteiger partial charge in [-0.05, 0) is 30.5 Å². The number of nitrogens with one attached hydrogen (secondary N) is 1. The predicted molar refractivity (Wildman–Crippen MR) is 70.0 cm³/mol. The third kappa shape index (κ3) is 3.84. The van der Waals surface area contributed by atoms with E-state index in [9.17, 15) is 4.79 Å². The average molecular weight is 252 g/mol. The molecule has 0 radical (unpaired) electrons. The number of methoxy groups -OCH3 is 2. The quantitative estimate of drug-likeness (QED) is 0.809. The highest BCUT2D eigenvalue weighted by atomic mass is 16.5. The first-order valence-corrected chi connectivity index (χ1v) is 5.87. The van der Waals surface area contributed by atoms with Crippen LogP contribution >= 0.6 is 0 Å². The average Bonchev–Trinajstić information content (AvgIpc) is 2.37. The van der Waals surface area contributed by atoms with Crippen molar-refractivity contribution in [3.63, 3.8) is 0 Å². The molecule has 0 aliphatic carbocycles. The fourth-order valence-electron chi connectivity index (χ4n) is 1.79. The Morgan fingerprint density at radius 3 is 2.50 bits per heavy atom. The van der Waals surface area contributed by atoms with Gasteiger partial charge in [0.05, 0.1) is 14.2 Å². The van der Waals surface area contributed by atoms with Gasteiger partial charge in [-0.15, -0.1) is 0 Å². The number of hydrogen-bond acceptors (Lipinski definition) is 3. The standard InChI is InChI=1S/C13H20N2O3/c1-4-10(15-13(14)16)7-9-5-6-11(17-2)12(8-9)18-3/h5-6,8,10H,4,7H2,1-3H3,(H3,14,15,16). The van der Waals surface area contributed by atoms with Gasteiger partial charge in [0, 0.05) is 6.04 Å². The molecular weight excluding hydrogens is 232 g/mol. The topological polar surface area (TPSA) is 73.6 Å². The number of nitrogens with two attached hydrogens (primary N) is 1. The van der Waals surface area contributed by atoms with Crippen molar-refractivity contribution in [2.24, 2.45) is 5.73 Å². The largest absolute Gasteiger partial charge is 0.493 e. The van der Waals surface area contributed by atoms with Crippen LogP contribution in [0.2, 0.25) is 0 Å². The Hall–Kier alpha value is -1.91. The van der Waals surface area contributed by atoms with Crippen LogP contribution in [0.5, 0.6) is 11.5 Å². The zero-order valence-corrected chi connectivity index (χ0v) is 11.0. The van der Waals surface area contributed by atoms with Gasteiger partial charge >= 0.3 is 6.03 Å². The summed E-state index contributed by atoms with van der Waals surface area (Å²) in [6.07, 6.45) is 1.52. The van der Waals surface area contributed by atoms with E-state index in [1.54, 1.807) is 14.2 Å². The van der Waals surface area contributed by atoms with E-state index in [2.05, 4.69) is 5.32 Å². The number of benzene rings is 1. The molecule has 100 valence electrons. The second-order valence-corrected chi connectivity index (χ2v) is 4.01. The second kappa shape index (κ2) is 6.74. The van der Waals surface area contributed by atoms with Crippen LogP contribution in [-0.4, -0.2) is 26.3 Å². The first-order valence-electron chi connectivity index (χ1n) is 5.87. The summed E-state index contributed by atoms with van der Waals surface area (Å²) in [6, 6.07) is 5.24. The predicted octanol–water partition coefficient (Wildman–Crippen LogP) is 1.69. The van der Waals surface area contributed by atoms with Crippen LogP contribution in [0.3, 0.4) is 0 Å². The van der Waals surface area contributed by atoms with Crippen molar-refractivity contribution in [2.75, 3.05) is 14.2 Å². The summed E-state index contributed by atoms with van der Waals surface area (Å²) in [5.74, 6) is 1.38. The van der Waals surface area contributed by atoms with Gasteiger partial charge < -0.3 is 20.5 Å². The molecule has 0 saturated carbocycles. The molecule has 5 heteroatoms. The Bertz CT molecular complexity index is 407. The van der Waals surface area contributed by atoms with Gasteiger partial charge in [0.1, 0.15) is 0 Å². The Morgan fingerprint density at radius 1 is 1.33 bits per heavy atom. The molecule has 0 spiro atoms. The summed E-state index contributed by atoms with van der Waals surface area (Å²) in [4.78, 5) is 10.8. The maximum Gasteiger partial charge on any atom is 0.312 e. The van der Waals surface area contributed by atoms with Gasteiger partial charge in [0.25, 0.3) is 0 Å². The van der Waals surface area contributed by atoms with Crippen LogP contribution in [0, 0.1) is 0 Å². The van der Waals surface area contributed by atoms with Crippen LogP contribution in [0.15, 0.2) is 18.2 Å². The van der Waals surface area contributed by atoms with Gasteiger partial charge in [-0.1, -0.05) is 13.0 Å². The molecule has 2 amide bonds. The van der Waals surface area contributed by atoms with Crippen molar-refractivity contribution in [3.05, 3.63) is 23.8 Å². The van der Waals surface area contributed by atoms with E-state index in [-0.39, 0.29) is 6.04 Å². The molecular formula is C13H20N2O3. The minimum absolute atomic E-state index is 0.0283. The fraction of sp³-hybridized carbons (Fsp3) is 0.462. The van der Waals surface area contributed by atoms with Crippen LogP contribution in [0.4, 0.5) is 4.79 Å². The molecule has 0 saturated heterocycles. The van der Waals surface area contributed by atoms with E-state index in [0.29, 0.717) is 17.9 Å². The highest BCUT2D eigenvalue weighted by Gasteiger charge is 2.11. The number of carbonyl (C=O) groups excluding carboxylic acids is 1. The van der Waals surface area contributed by atoms with E-state index in [1.807, 2.05) is 25.1 Å². The van der Waals surface area contributed by atoms with Crippen molar-refractivity contribution < 1.29 is 14.3 Å². The van der Waals surface area contributed by atoms with E-state index in [0.717, 1.165) is 12.0 Å². The highest BCUT2D eigenvalue weighted by molar-refractivity contribution is 5.72. The van der Waals surface area contributed by atoms with Crippen molar-refractivity contribution in [3.8, 4) is 11.5 Å². The molecule has 0 aliphatic heterocycles. The SMILES string of the molecule is CCC(Cc1ccc(OC)c(OC)c1)NC(N)=O. The van der Waals surface area contributed by atoms with Gasteiger partial charge in [0.15, 0.2) is 11.5 Å². The minimum atomic E-state index is -0.498. The molecule has 0 aliphatic rings. The number of carbonyl (C=O) groups is 1. The smallest absolute Gasteiger partial charge is 0.312 e. The number of rotatable bonds is 6. The molecule has 0 aromatic heterocycles. The maximum absolute atomic E-state index is 10.8. The molecule has 5 nitrogen and oxygen atoms in total. The monoisotopic (exact) mass is 252 g/mol. The van der Waals surface area contributed by atoms with E-state index >= 15 is 0 Å². The number of hydrogen-bond donors (Lipinski definition) is 2. The van der Waals surface area contributed by atoms with Gasteiger partial charge in [0.2, 0.25) is 0 Å². The number of primary amides is 1. The Kier molecular flexibility index (Phi) is 5.30. The summed E-state index contributed by atoms with van der Waals surface area (Å²) in [7, 11) is 3.20. The Balaban J connectivity index is 2.80. The van der Waals surface area contributed by atoms with E-state index in [4.69, 9.17) is 15.2 Å². The van der Waals surface area contributed by atoms with E-state index < -0.39 is 6.03 Å². The van der Waals surface area contributed by atoms with Crippen LogP contribution in [-0.2, 0) is 6.42 Å². The molecule has 1 rings (SSSR count). The minimum Gasteiger partial charge on any atom is -0.493 e. The number of urea groups is 1. The summed E-state index contributed by atoms with van der Waals surface area (Å²) >= 11 is 0. The normalized spacial score (nSPS) is 11.7. The van der Waals surface area contributed by atoms with Crippen LogP contribution in [0.1, 0.15) is 18.9 Å². The third-order valence-corrected chi connectivity index (χ3v) is 2.77. The summed E-state index contributed by atoms with van der Waals surface area (Å²) in [5, 5.41) is 2.71. The Labute approximate surface area is 107 Å².